The van der Waals surface area contributed by atoms with Gasteiger partial charge in [0.2, 0.25) is 0 Å². The largest absolute Gasteiger partial charge is 0.493 e. The number of nitrogens with zero attached hydrogens (tertiary/aromatic N) is 4. The Morgan fingerprint density at radius 3 is 2.76 bits per heavy atom. The zero-order valence-electron chi connectivity index (χ0n) is 13.5. The number of amides is 1. The van der Waals surface area contributed by atoms with Crippen molar-refractivity contribution in [1.82, 2.24) is 25.8 Å². The highest BCUT2D eigenvalue weighted by atomic mass is 16.5. The smallest absolute Gasteiger partial charge is 0.280 e. The lowest BCUT2D eigenvalue weighted by Gasteiger charge is -2.17. The molecule has 0 aliphatic heterocycles. The zero-order valence-corrected chi connectivity index (χ0v) is 13.5. The summed E-state index contributed by atoms with van der Waals surface area (Å²) < 4.78 is 16.1. The van der Waals surface area contributed by atoms with Crippen molar-refractivity contribution in [1.29, 1.82) is 0 Å². The van der Waals surface area contributed by atoms with Crippen LogP contribution in [0.2, 0.25) is 0 Å². The number of methoxy groups -OCH3 is 2. The third-order valence-corrected chi connectivity index (χ3v) is 4.07. The van der Waals surface area contributed by atoms with Gasteiger partial charge in [0.1, 0.15) is 0 Å². The molecule has 3 aromatic rings. The summed E-state index contributed by atoms with van der Waals surface area (Å²) in [6.45, 7) is 0. The Labute approximate surface area is 141 Å². The van der Waals surface area contributed by atoms with Crippen molar-refractivity contribution >= 4 is 11.9 Å². The number of fused-ring (bicyclic) bond motifs is 3. The third kappa shape index (κ3) is 2.47. The molecule has 25 heavy (non-hydrogen) atoms. The summed E-state index contributed by atoms with van der Waals surface area (Å²) in [4.78, 5) is 12.4. The molecule has 1 aliphatic carbocycles. The van der Waals surface area contributed by atoms with Crippen LogP contribution in [0.4, 0.5) is 5.95 Å². The van der Waals surface area contributed by atoms with Crippen LogP contribution < -0.4 is 14.8 Å². The van der Waals surface area contributed by atoms with Gasteiger partial charge in [-0.15, -0.1) is 5.10 Å². The van der Waals surface area contributed by atoms with Crippen LogP contribution in [0, 0.1) is 0 Å². The number of rotatable bonds is 4. The molecule has 0 spiro atoms. The summed E-state index contributed by atoms with van der Waals surface area (Å²) in [5.74, 6) is 1.42. The first kappa shape index (κ1) is 15.1. The number of carbonyl (C=O) groups excluding carboxylic acids is 1. The van der Waals surface area contributed by atoms with Crippen molar-refractivity contribution < 1.29 is 18.8 Å². The van der Waals surface area contributed by atoms with E-state index in [0.29, 0.717) is 23.7 Å². The minimum absolute atomic E-state index is 0.0735. The standard InChI is InChI=1S/C15H14N6O4/c1-23-10-5-7-3-4-8-12(14(22)16-15-17-20-21-18-15)19-25-13(8)9(7)6-11(10)24-2/h5-6H,3-4H2,1-2H3,(H2,16,17,18,20,21,22). The normalized spacial score (nSPS) is 12.2. The van der Waals surface area contributed by atoms with Gasteiger partial charge in [-0.1, -0.05) is 10.3 Å². The molecular weight excluding hydrogens is 328 g/mol. The summed E-state index contributed by atoms with van der Waals surface area (Å²) in [6.07, 6.45) is 1.35. The second-order valence-corrected chi connectivity index (χ2v) is 5.39. The van der Waals surface area contributed by atoms with Gasteiger partial charge < -0.3 is 14.0 Å². The number of carbonyl (C=O) groups is 1. The van der Waals surface area contributed by atoms with E-state index < -0.39 is 5.91 Å². The van der Waals surface area contributed by atoms with E-state index in [2.05, 4.69) is 31.1 Å². The number of H-pyrrole nitrogens is 1. The average Bonchev–Trinajstić information content (AvgIpc) is 3.29. The molecule has 0 bridgehead atoms. The number of ether oxygens (including phenoxy) is 2. The van der Waals surface area contributed by atoms with Gasteiger partial charge in [-0.3, -0.25) is 10.1 Å². The fourth-order valence-corrected chi connectivity index (χ4v) is 2.91. The minimum atomic E-state index is -0.449. The number of aromatic amines is 1. The van der Waals surface area contributed by atoms with E-state index in [0.717, 1.165) is 23.1 Å². The molecule has 1 amide bonds. The van der Waals surface area contributed by atoms with Gasteiger partial charge in [0.05, 0.1) is 14.2 Å². The Balaban J connectivity index is 1.72. The average molecular weight is 342 g/mol. The molecule has 1 aliphatic rings. The molecule has 10 heteroatoms. The van der Waals surface area contributed by atoms with E-state index in [4.69, 9.17) is 14.0 Å². The Morgan fingerprint density at radius 1 is 1.24 bits per heavy atom. The van der Waals surface area contributed by atoms with Gasteiger partial charge >= 0.3 is 0 Å². The van der Waals surface area contributed by atoms with Gasteiger partial charge in [-0.25, -0.2) is 0 Å². The van der Waals surface area contributed by atoms with Gasteiger partial charge in [-0.2, -0.15) is 5.21 Å². The fraction of sp³-hybridized carbons (Fsp3) is 0.267. The van der Waals surface area contributed by atoms with E-state index in [1.807, 2.05) is 12.1 Å². The van der Waals surface area contributed by atoms with Crippen molar-refractivity contribution in [3.05, 3.63) is 29.0 Å². The number of nitrogens with one attached hydrogen (secondary N) is 2. The Hall–Kier alpha value is -3.43. The number of benzene rings is 1. The Kier molecular flexibility index (Phi) is 3.56. The Bertz CT molecular complexity index is 934. The molecule has 2 heterocycles. The first-order valence-corrected chi connectivity index (χ1v) is 7.50. The molecule has 0 unspecified atom stereocenters. The van der Waals surface area contributed by atoms with Crippen LogP contribution in [0.3, 0.4) is 0 Å². The van der Waals surface area contributed by atoms with Gasteiger partial charge in [0.15, 0.2) is 23.0 Å². The number of aryl methyl sites for hydroxylation is 1. The maximum atomic E-state index is 12.4. The lowest BCUT2D eigenvalue weighted by atomic mass is 9.89. The summed E-state index contributed by atoms with van der Waals surface area (Å²) in [5, 5.41) is 19.5. The lowest BCUT2D eigenvalue weighted by molar-refractivity contribution is 0.101. The third-order valence-electron chi connectivity index (χ3n) is 4.07. The van der Waals surface area contributed by atoms with Crippen molar-refractivity contribution in [3.63, 3.8) is 0 Å². The highest BCUT2D eigenvalue weighted by Gasteiger charge is 2.29. The summed E-state index contributed by atoms with van der Waals surface area (Å²) in [6, 6.07) is 3.75. The van der Waals surface area contributed by atoms with Crippen LogP contribution >= 0.6 is 0 Å². The molecule has 0 saturated heterocycles. The van der Waals surface area contributed by atoms with E-state index in [9.17, 15) is 4.79 Å². The van der Waals surface area contributed by atoms with Crippen LogP contribution in [-0.4, -0.2) is 45.9 Å². The molecule has 0 fully saturated rings. The molecule has 10 nitrogen and oxygen atoms in total. The highest BCUT2D eigenvalue weighted by Crippen LogP contribution is 2.41. The minimum Gasteiger partial charge on any atom is -0.493 e. The second kappa shape index (κ2) is 5.89. The van der Waals surface area contributed by atoms with Gasteiger partial charge in [0.25, 0.3) is 11.9 Å². The number of tetrazole rings is 1. The SMILES string of the molecule is COc1cc2c(cc1OC)-c1onc(C(=O)Nc3nn[nH]n3)c1CC2. The van der Waals surface area contributed by atoms with Crippen molar-refractivity contribution in [3.8, 4) is 22.8 Å². The van der Waals surface area contributed by atoms with Crippen molar-refractivity contribution in [2.45, 2.75) is 12.8 Å². The monoisotopic (exact) mass is 342 g/mol. The molecule has 128 valence electrons. The first-order chi connectivity index (χ1) is 12.2. The van der Waals surface area contributed by atoms with Crippen LogP contribution in [0.15, 0.2) is 16.7 Å². The second-order valence-electron chi connectivity index (χ2n) is 5.39. The number of hydrogen-bond donors (Lipinski definition) is 2. The summed E-state index contributed by atoms with van der Waals surface area (Å²) in [5.41, 5.74) is 2.83. The van der Waals surface area contributed by atoms with Gasteiger partial charge in [0, 0.05) is 11.1 Å². The zero-order chi connectivity index (χ0) is 17.4. The van der Waals surface area contributed by atoms with Crippen LogP contribution in [0.25, 0.3) is 11.3 Å². The van der Waals surface area contributed by atoms with E-state index in [-0.39, 0.29) is 11.6 Å². The van der Waals surface area contributed by atoms with E-state index >= 15 is 0 Å². The lowest BCUT2D eigenvalue weighted by Crippen LogP contribution is -2.16. The maximum absolute atomic E-state index is 12.4. The van der Waals surface area contributed by atoms with Gasteiger partial charge in [-0.05, 0) is 35.8 Å². The topological polar surface area (TPSA) is 128 Å². The predicted molar refractivity (Wildman–Crippen MR) is 84.6 cm³/mol. The van der Waals surface area contributed by atoms with Crippen LogP contribution in [0.1, 0.15) is 21.6 Å². The maximum Gasteiger partial charge on any atom is 0.280 e. The first-order valence-electron chi connectivity index (χ1n) is 7.50. The highest BCUT2D eigenvalue weighted by molar-refractivity contribution is 6.03. The fourth-order valence-electron chi connectivity index (χ4n) is 2.91. The van der Waals surface area contributed by atoms with Crippen LogP contribution in [0.5, 0.6) is 11.5 Å². The van der Waals surface area contributed by atoms with Crippen molar-refractivity contribution in [2.24, 2.45) is 0 Å². The molecule has 4 rings (SSSR count). The van der Waals surface area contributed by atoms with Crippen LogP contribution in [-0.2, 0) is 12.8 Å². The Morgan fingerprint density at radius 2 is 2.04 bits per heavy atom. The molecule has 0 radical (unpaired) electrons. The summed E-state index contributed by atoms with van der Waals surface area (Å²) in [7, 11) is 3.16. The number of anilines is 1. The molecule has 2 aromatic heterocycles. The molecule has 0 saturated carbocycles. The summed E-state index contributed by atoms with van der Waals surface area (Å²) >= 11 is 0. The molecule has 2 N–H and O–H groups in total. The number of aromatic nitrogens is 5. The molecule has 0 atom stereocenters. The van der Waals surface area contributed by atoms with Crippen molar-refractivity contribution in [2.75, 3.05) is 19.5 Å². The predicted octanol–water partition coefficient (Wildman–Crippen LogP) is 1.22. The van der Waals surface area contributed by atoms with E-state index in [1.165, 1.54) is 0 Å². The molecular formula is C15H14N6O4. The quantitative estimate of drug-likeness (QED) is 0.724. The molecule has 1 aromatic carbocycles. The van der Waals surface area contributed by atoms with E-state index in [1.54, 1.807) is 14.2 Å². The number of hydrogen-bond acceptors (Lipinski definition) is 8.